The zero-order valence-electron chi connectivity index (χ0n) is 13.0. The minimum Gasteiger partial charge on any atom is -0.375 e. The lowest BCUT2D eigenvalue weighted by Gasteiger charge is -2.29. The number of amides is 2. The Morgan fingerprint density at radius 3 is 3.00 bits per heavy atom. The number of hydrogen-bond acceptors (Lipinski definition) is 4. The molecule has 2 aliphatic heterocycles. The number of para-hydroxylation sites is 1. The molecule has 4 rings (SSSR count). The van der Waals surface area contributed by atoms with Crippen LogP contribution in [0.25, 0.3) is 0 Å². The lowest BCUT2D eigenvalue weighted by molar-refractivity contribution is -0.117. The fourth-order valence-corrected chi connectivity index (χ4v) is 4.12. The fourth-order valence-electron chi connectivity index (χ4n) is 3.12. The van der Waals surface area contributed by atoms with Gasteiger partial charge in [0.15, 0.2) is 0 Å². The van der Waals surface area contributed by atoms with E-state index < -0.39 is 0 Å². The van der Waals surface area contributed by atoms with Crippen molar-refractivity contribution in [2.45, 2.75) is 11.4 Å². The quantitative estimate of drug-likeness (QED) is 0.902. The monoisotopic (exact) mass is 339 g/mol. The van der Waals surface area contributed by atoms with Gasteiger partial charge in [-0.05, 0) is 23.8 Å². The van der Waals surface area contributed by atoms with Gasteiger partial charge in [-0.25, -0.2) is 0 Å². The molecule has 0 spiro atoms. The first kappa shape index (κ1) is 15.1. The number of hydrogen-bond donors (Lipinski definition) is 2. The van der Waals surface area contributed by atoms with E-state index >= 15 is 0 Å². The highest BCUT2D eigenvalue weighted by Gasteiger charge is 2.25. The van der Waals surface area contributed by atoms with Crippen molar-refractivity contribution >= 4 is 35.0 Å². The molecule has 0 atom stereocenters. The average Bonchev–Trinajstić information content (AvgIpc) is 3.01. The molecule has 2 aromatic carbocycles. The number of nitrogens with one attached hydrogen (secondary N) is 2. The lowest BCUT2D eigenvalue weighted by Crippen LogP contribution is -2.39. The molecule has 0 aromatic heterocycles. The van der Waals surface area contributed by atoms with Gasteiger partial charge in [-0.3, -0.25) is 9.59 Å². The summed E-state index contributed by atoms with van der Waals surface area (Å²) in [6, 6.07) is 13.6. The first-order valence-electron chi connectivity index (χ1n) is 7.90. The molecule has 0 saturated heterocycles. The second kappa shape index (κ2) is 6.20. The molecule has 122 valence electrons. The highest BCUT2D eigenvalue weighted by Crippen LogP contribution is 2.34. The summed E-state index contributed by atoms with van der Waals surface area (Å²) in [6.07, 6.45) is 0. The number of fused-ring (bicyclic) bond motifs is 2. The van der Waals surface area contributed by atoms with Gasteiger partial charge in [-0.1, -0.05) is 24.3 Å². The minimum atomic E-state index is -0.0831. The summed E-state index contributed by atoms with van der Waals surface area (Å²) in [7, 11) is 0. The van der Waals surface area contributed by atoms with Crippen LogP contribution in [0.2, 0.25) is 0 Å². The maximum absolute atomic E-state index is 12.7. The summed E-state index contributed by atoms with van der Waals surface area (Å²) < 4.78 is 0. The third-order valence-electron chi connectivity index (χ3n) is 4.28. The lowest BCUT2D eigenvalue weighted by atomic mass is 10.1. The molecule has 6 heteroatoms. The standard InChI is InChI=1S/C18H17N3O2S/c22-16(21-8-9-24-15-7-2-1-6-14(15)21)11-19-13-5-3-4-12-10-20-18(23)17(12)13/h1-7,19H,8-11H2,(H,20,23). The van der Waals surface area contributed by atoms with Crippen molar-refractivity contribution in [1.29, 1.82) is 0 Å². The van der Waals surface area contributed by atoms with E-state index in [-0.39, 0.29) is 18.4 Å². The van der Waals surface area contributed by atoms with E-state index in [1.807, 2.05) is 47.4 Å². The number of nitrogens with zero attached hydrogens (tertiary/aromatic N) is 1. The number of thioether (sulfide) groups is 1. The summed E-state index contributed by atoms with van der Waals surface area (Å²) >= 11 is 1.77. The van der Waals surface area contributed by atoms with Crippen LogP contribution in [0.4, 0.5) is 11.4 Å². The molecule has 0 unspecified atom stereocenters. The highest BCUT2D eigenvalue weighted by atomic mass is 32.2. The van der Waals surface area contributed by atoms with Crippen LogP contribution in [0.1, 0.15) is 15.9 Å². The van der Waals surface area contributed by atoms with E-state index in [9.17, 15) is 9.59 Å². The molecule has 24 heavy (non-hydrogen) atoms. The smallest absolute Gasteiger partial charge is 0.253 e. The zero-order valence-corrected chi connectivity index (χ0v) is 13.9. The Morgan fingerprint density at radius 2 is 2.08 bits per heavy atom. The molecule has 2 N–H and O–H groups in total. The fraction of sp³-hybridized carbons (Fsp3) is 0.222. The second-order valence-electron chi connectivity index (χ2n) is 5.74. The van der Waals surface area contributed by atoms with Crippen LogP contribution in [0.5, 0.6) is 0 Å². The maximum Gasteiger partial charge on any atom is 0.253 e. The molecule has 5 nitrogen and oxygen atoms in total. The van der Waals surface area contributed by atoms with Crippen molar-refractivity contribution < 1.29 is 9.59 Å². The van der Waals surface area contributed by atoms with Crippen molar-refractivity contribution in [3.8, 4) is 0 Å². The van der Waals surface area contributed by atoms with Crippen LogP contribution in [-0.2, 0) is 11.3 Å². The minimum absolute atomic E-state index is 0.0127. The number of carbonyl (C=O) groups is 2. The zero-order chi connectivity index (χ0) is 16.5. The molecule has 2 heterocycles. The van der Waals surface area contributed by atoms with E-state index in [0.717, 1.165) is 27.6 Å². The van der Waals surface area contributed by atoms with Gasteiger partial charge in [0.2, 0.25) is 5.91 Å². The maximum atomic E-state index is 12.7. The number of carbonyl (C=O) groups excluding carboxylic acids is 2. The van der Waals surface area contributed by atoms with Crippen molar-refractivity contribution in [2.75, 3.05) is 29.1 Å². The Hall–Kier alpha value is -2.47. The van der Waals surface area contributed by atoms with Crippen molar-refractivity contribution in [2.24, 2.45) is 0 Å². The van der Waals surface area contributed by atoms with Gasteiger partial charge < -0.3 is 15.5 Å². The molecular formula is C18H17N3O2S. The molecule has 0 radical (unpaired) electrons. The van der Waals surface area contributed by atoms with Crippen LogP contribution in [0.15, 0.2) is 47.4 Å². The van der Waals surface area contributed by atoms with E-state index in [1.54, 1.807) is 11.8 Å². The van der Waals surface area contributed by atoms with Gasteiger partial charge in [-0.15, -0.1) is 11.8 Å². The first-order valence-corrected chi connectivity index (χ1v) is 8.89. The SMILES string of the molecule is O=C1NCc2cccc(NCC(=O)N3CCSc4ccccc43)c21. The van der Waals surface area contributed by atoms with E-state index in [0.29, 0.717) is 18.7 Å². The topological polar surface area (TPSA) is 61.4 Å². The normalized spacial score (nSPS) is 15.5. The summed E-state index contributed by atoms with van der Waals surface area (Å²) in [5, 5.41) is 5.96. The highest BCUT2D eigenvalue weighted by molar-refractivity contribution is 7.99. The molecule has 0 fully saturated rings. The summed E-state index contributed by atoms with van der Waals surface area (Å²) in [5.41, 5.74) is 3.31. The largest absolute Gasteiger partial charge is 0.375 e. The van der Waals surface area contributed by atoms with Gasteiger partial charge in [0.25, 0.3) is 5.91 Å². The molecule has 0 bridgehead atoms. The summed E-state index contributed by atoms with van der Waals surface area (Å²) in [6.45, 7) is 1.42. The van der Waals surface area contributed by atoms with Gasteiger partial charge in [0, 0.05) is 29.4 Å². The molecule has 2 aliphatic rings. The number of benzene rings is 2. The molecule has 2 amide bonds. The Kier molecular flexibility index (Phi) is 3.90. The molecule has 2 aromatic rings. The van der Waals surface area contributed by atoms with Crippen LogP contribution in [-0.4, -0.2) is 30.7 Å². The van der Waals surface area contributed by atoms with Crippen molar-refractivity contribution in [3.63, 3.8) is 0 Å². The van der Waals surface area contributed by atoms with Crippen molar-refractivity contribution in [1.82, 2.24) is 5.32 Å². The van der Waals surface area contributed by atoms with Crippen LogP contribution in [0, 0.1) is 0 Å². The third kappa shape index (κ3) is 2.63. The van der Waals surface area contributed by atoms with E-state index in [1.165, 1.54) is 0 Å². The Bertz CT molecular complexity index is 822. The van der Waals surface area contributed by atoms with Crippen LogP contribution < -0.4 is 15.5 Å². The molecular weight excluding hydrogens is 322 g/mol. The second-order valence-corrected chi connectivity index (χ2v) is 6.87. The summed E-state index contributed by atoms with van der Waals surface area (Å²) in [4.78, 5) is 27.6. The van der Waals surface area contributed by atoms with E-state index in [4.69, 9.17) is 0 Å². The van der Waals surface area contributed by atoms with Gasteiger partial charge in [0.05, 0.1) is 17.8 Å². The molecule has 0 aliphatic carbocycles. The van der Waals surface area contributed by atoms with Gasteiger partial charge in [-0.2, -0.15) is 0 Å². The van der Waals surface area contributed by atoms with Crippen LogP contribution in [0.3, 0.4) is 0 Å². The third-order valence-corrected chi connectivity index (χ3v) is 5.32. The Balaban J connectivity index is 1.51. The number of rotatable bonds is 3. The average molecular weight is 339 g/mol. The Labute approximate surface area is 144 Å². The van der Waals surface area contributed by atoms with E-state index in [2.05, 4.69) is 10.6 Å². The van der Waals surface area contributed by atoms with Gasteiger partial charge in [0.1, 0.15) is 0 Å². The predicted octanol–water partition coefficient (Wildman–Crippen LogP) is 2.48. The first-order chi connectivity index (χ1) is 11.7. The van der Waals surface area contributed by atoms with Gasteiger partial charge >= 0.3 is 0 Å². The Morgan fingerprint density at radius 1 is 1.21 bits per heavy atom. The summed E-state index contributed by atoms with van der Waals surface area (Å²) in [5.74, 6) is 0.824. The van der Waals surface area contributed by atoms with Crippen molar-refractivity contribution in [3.05, 3.63) is 53.6 Å². The molecule has 0 saturated carbocycles. The number of anilines is 2. The predicted molar refractivity (Wildman–Crippen MR) is 95.6 cm³/mol. The van der Waals surface area contributed by atoms with Crippen LogP contribution >= 0.6 is 11.8 Å².